The maximum absolute atomic E-state index is 3.82. The van der Waals surface area contributed by atoms with Crippen LogP contribution in [0.25, 0.3) is 0 Å². The van der Waals surface area contributed by atoms with Gasteiger partial charge in [-0.1, -0.05) is 120 Å². The van der Waals surface area contributed by atoms with Gasteiger partial charge in [0.1, 0.15) is 0 Å². The summed E-state index contributed by atoms with van der Waals surface area (Å²) in [4.78, 5) is 2.72. The van der Waals surface area contributed by atoms with Crippen LogP contribution in [0.4, 0.5) is 0 Å². The quantitative estimate of drug-likeness (QED) is 0.318. The summed E-state index contributed by atoms with van der Waals surface area (Å²) in [7, 11) is 0. The van der Waals surface area contributed by atoms with Crippen molar-refractivity contribution in [3.05, 3.63) is 107 Å². The van der Waals surface area contributed by atoms with Gasteiger partial charge >= 0.3 is 0 Å². The minimum atomic E-state index is 0.183. The van der Waals surface area contributed by atoms with Crippen molar-refractivity contribution in [2.45, 2.75) is 83.6 Å². The van der Waals surface area contributed by atoms with Crippen LogP contribution in [0, 0.1) is 0 Å². The predicted molar refractivity (Wildman–Crippen MR) is 160 cm³/mol. The maximum Gasteiger partial charge on any atom is 0.0472 e. The van der Waals surface area contributed by atoms with E-state index in [1.807, 2.05) is 0 Å². The van der Waals surface area contributed by atoms with Gasteiger partial charge in [-0.2, -0.15) is 0 Å². The molecule has 0 amide bonds. The van der Waals surface area contributed by atoms with Gasteiger partial charge in [0.2, 0.25) is 0 Å². The topological polar surface area (TPSA) is 15.3 Å². The van der Waals surface area contributed by atoms with Crippen LogP contribution in [0.1, 0.15) is 94.2 Å². The van der Waals surface area contributed by atoms with E-state index in [0.29, 0.717) is 12.0 Å². The summed E-state index contributed by atoms with van der Waals surface area (Å²) >= 11 is 0. The third kappa shape index (κ3) is 7.55. The van der Waals surface area contributed by atoms with E-state index in [4.69, 9.17) is 0 Å². The highest BCUT2D eigenvalue weighted by Gasteiger charge is 2.27. The lowest BCUT2D eigenvalue weighted by Crippen LogP contribution is -2.41. The minimum absolute atomic E-state index is 0.183. The van der Waals surface area contributed by atoms with E-state index in [1.165, 1.54) is 40.7 Å². The molecule has 2 heteroatoms. The predicted octanol–water partition coefficient (Wildman–Crippen LogP) is 8.03. The van der Waals surface area contributed by atoms with Crippen LogP contribution in [-0.4, -0.2) is 31.1 Å². The Morgan fingerprint density at radius 2 is 1.27 bits per heavy atom. The fraction of sp³-hybridized carbons (Fsp3) is 0.486. The minimum Gasteiger partial charge on any atom is -0.314 e. The summed E-state index contributed by atoms with van der Waals surface area (Å²) in [6.07, 6.45) is 3.54. The Bertz CT molecular complexity index is 1080. The zero-order valence-corrected chi connectivity index (χ0v) is 24.1. The van der Waals surface area contributed by atoms with E-state index in [0.717, 1.165) is 32.6 Å². The van der Waals surface area contributed by atoms with Crippen molar-refractivity contribution in [2.24, 2.45) is 0 Å². The molecule has 1 fully saturated rings. The first-order chi connectivity index (χ1) is 17.6. The van der Waals surface area contributed by atoms with Crippen molar-refractivity contribution in [3.8, 4) is 0 Å². The van der Waals surface area contributed by atoms with Crippen LogP contribution in [0.3, 0.4) is 0 Å². The normalized spacial score (nSPS) is 16.6. The molecule has 2 nitrogen and oxygen atoms in total. The second kappa shape index (κ2) is 12.0. The Balaban J connectivity index is 1.39. The lowest BCUT2D eigenvalue weighted by molar-refractivity contribution is 0.149. The highest BCUT2D eigenvalue weighted by molar-refractivity contribution is 5.30. The molecule has 0 saturated carbocycles. The van der Waals surface area contributed by atoms with Gasteiger partial charge in [0.05, 0.1) is 0 Å². The molecule has 3 aromatic rings. The summed E-state index contributed by atoms with van der Waals surface area (Å²) < 4.78 is 0. The van der Waals surface area contributed by atoms with Gasteiger partial charge in [-0.05, 0) is 83.5 Å². The molecule has 1 aliphatic heterocycles. The summed E-state index contributed by atoms with van der Waals surface area (Å²) in [5, 5.41) is 3.82. The molecule has 1 unspecified atom stereocenters. The maximum atomic E-state index is 3.82. The lowest BCUT2D eigenvalue weighted by atomic mass is 9.85. The van der Waals surface area contributed by atoms with E-state index in [1.54, 1.807) is 0 Å². The van der Waals surface area contributed by atoms with Crippen molar-refractivity contribution >= 4 is 0 Å². The summed E-state index contributed by atoms with van der Waals surface area (Å²) in [5.41, 5.74) is 7.56. The molecular formula is C35H48N2. The highest BCUT2D eigenvalue weighted by Crippen LogP contribution is 2.33. The van der Waals surface area contributed by atoms with Crippen LogP contribution in [-0.2, 0) is 17.3 Å². The van der Waals surface area contributed by atoms with Crippen LogP contribution >= 0.6 is 0 Å². The lowest BCUT2D eigenvalue weighted by Gasteiger charge is -2.38. The Morgan fingerprint density at radius 3 is 1.81 bits per heavy atom. The number of nitrogens with zero attached hydrogens (tertiary/aromatic N) is 1. The summed E-state index contributed by atoms with van der Waals surface area (Å²) in [6, 6.07) is 30.2. The summed E-state index contributed by atoms with van der Waals surface area (Å²) in [6.45, 7) is 18.0. The molecule has 0 spiro atoms. The molecule has 1 heterocycles. The molecule has 0 aliphatic carbocycles. The molecule has 0 aromatic heterocycles. The van der Waals surface area contributed by atoms with Gasteiger partial charge in [0, 0.05) is 12.6 Å². The number of piperidine rings is 1. The zero-order chi connectivity index (χ0) is 26.5. The van der Waals surface area contributed by atoms with Crippen molar-refractivity contribution in [2.75, 3.05) is 26.2 Å². The molecule has 1 saturated heterocycles. The number of likely N-dealkylation sites (tertiary alicyclic amines) is 1. The molecule has 4 rings (SSSR count). The van der Waals surface area contributed by atoms with Crippen LogP contribution < -0.4 is 5.32 Å². The average Bonchev–Trinajstić information content (AvgIpc) is 2.89. The van der Waals surface area contributed by atoms with Crippen LogP contribution in [0.5, 0.6) is 0 Å². The summed E-state index contributed by atoms with van der Waals surface area (Å²) in [5.74, 6) is 0.686. The third-order valence-electron chi connectivity index (χ3n) is 8.15. The SMILES string of the molecule is CC(C)(C)c1ccc(CCNCC(c2ccc(C(C)(C)C)cc2)N2CCC(c3ccccc3)CC2)cc1. The third-order valence-corrected chi connectivity index (χ3v) is 8.15. The standard InChI is InChI=1S/C35H48N2/c1-34(2,3)31-16-12-27(13-17-31)20-23-36-26-33(30-14-18-32(19-15-30)35(4,5)6)37-24-21-29(22-25-37)28-10-8-7-9-11-28/h7-19,29,33,36H,20-26H2,1-6H3. The van der Waals surface area contributed by atoms with E-state index < -0.39 is 0 Å². The molecule has 198 valence electrons. The molecular weight excluding hydrogens is 448 g/mol. The second-order valence-electron chi connectivity index (χ2n) is 13.0. The molecule has 1 N–H and O–H groups in total. The zero-order valence-electron chi connectivity index (χ0n) is 24.1. The van der Waals surface area contributed by atoms with Crippen LogP contribution in [0.15, 0.2) is 78.9 Å². The van der Waals surface area contributed by atoms with Gasteiger partial charge < -0.3 is 5.32 Å². The number of hydrogen-bond donors (Lipinski definition) is 1. The first kappa shape index (κ1) is 27.6. The molecule has 37 heavy (non-hydrogen) atoms. The Morgan fingerprint density at radius 1 is 0.730 bits per heavy atom. The van der Waals surface area contributed by atoms with E-state index in [2.05, 4.69) is 131 Å². The largest absolute Gasteiger partial charge is 0.314 e. The number of hydrogen-bond acceptors (Lipinski definition) is 2. The number of rotatable bonds is 8. The Hall–Kier alpha value is -2.42. The number of nitrogens with one attached hydrogen (secondary N) is 1. The first-order valence-corrected chi connectivity index (χ1v) is 14.3. The van der Waals surface area contributed by atoms with Gasteiger partial charge in [-0.3, -0.25) is 4.90 Å². The first-order valence-electron chi connectivity index (χ1n) is 14.3. The molecule has 0 radical (unpaired) electrons. The van der Waals surface area contributed by atoms with Crippen LogP contribution in [0.2, 0.25) is 0 Å². The molecule has 3 aromatic carbocycles. The Kier molecular flexibility index (Phi) is 8.93. The van der Waals surface area contributed by atoms with Gasteiger partial charge in [-0.25, -0.2) is 0 Å². The molecule has 1 aliphatic rings. The van der Waals surface area contributed by atoms with Gasteiger partial charge in [-0.15, -0.1) is 0 Å². The molecule has 0 bridgehead atoms. The van der Waals surface area contributed by atoms with E-state index in [9.17, 15) is 0 Å². The van der Waals surface area contributed by atoms with Crippen molar-refractivity contribution in [1.29, 1.82) is 0 Å². The average molecular weight is 497 g/mol. The van der Waals surface area contributed by atoms with Gasteiger partial charge in [0.25, 0.3) is 0 Å². The van der Waals surface area contributed by atoms with Crippen molar-refractivity contribution in [1.82, 2.24) is 10.2 Å². The smallest absolute Gasteiger partial charge is 0.0472 e. The second-order valence-corrected chi connectivity index (χ2v) is 13.0. The van der Waals surface area contributed by atoms with Crippen molar-refractivity contribution in [3.63, 3.8) is 0 Å². The highest BCUT2D eigenvalue weighted by atomic mass is 15.2. The van der Waals surface area contributed by atoms with E-state index in [-0.39, 0.29) is 10.8 Å². The number of benzene rings is 3. The van der Waals surface area contributed by atoms with E-state index >= 15 is 0 Å². The van der Waals surface area contributed by atoms with Gasteiger partial charge in [0.15, 0.2) is 0 Å². The Labute approximate surface area is 226 Å². The fourth-order valence-corrected chi connectivity index (χ4v) is 5.58. The monoisotopic (exact) mass is 496 g/mol. The fourth-order valence-electron chi connectivity index (χ4n) is 5.58. The van der Waals surface area contributed by atoms with Crippen molar-refractivity contribution < 1.29 is 0 Å². The molecule has 1 atom stereocenters.